The maximum absolute atomic E-state index is 12.2. The largest absolute Gasteiger partial charge is 0.293 e. The molecule has 0 saturated carbocycles. The van der Waals surface area contributed by atoms with Crippen molar-refractivity contribution in [2.45, 2.75) is 26.3 Å². The van der Waals surface area contributed by atoms with Crippen LogP contribution in [0, 0.1) is 11.3 Å². The Morgan fingerprint density at radius 3 is 2.59 bits per heavy atom. The quantitative estimate of drug-likeness (QED) is 0.705. The fraction of sp³-hybridized carbons (Fsp3) is 0.429. The molecule has 0 spiro atoms. The van der Waals surface area contributed by atoms with Crippen LogP contribution in [-0.4, -0.2) is 29.8 Å². The second-order valence-electron chi connectivity index (χ2n) is 3.94. The van der Waals surface area contributed by atoms with E-state index in [1.165, 1.54) is 0 Å². The standard InChI is InChI=1S/C14H18N2O/c1-3-16(11-7-10-15)12(2)14(17)13-8-5-4-6-9-13/h4-6,8-9,12H,3,7,11H2,1-2H3. The van der Waals surface area contributed by atoms with Gasteiger partial charge in [0.2, 0.25) is 0 Å². The topological polar surface area (TPSA) is 44.1 Å². The average Bonchev–Trinajstić information content (AvgIpc) is 2.39. The summed E-state index contributed by atoms with van der Waals surface area (Å²) in [5.74, 6) is 0.116. The highest BCUT2D eigenvalue weighted by molar-refractivity contribution is 5.99. The fourth-order valence-corrected chi connectivity index (χ4v) is 1.83. The summed E-state index contributed by atoms with van der Waals surface area (Å²) in [5.41, 5.74) is 0.732. The smallest absolute Gasteiger partial charge is 0.179 e. The fourth-order valence-electron chi connectivity index (χ4n) is 1.83. The highest BCUT2D eigenvalue weighted by Gasteiger charge is 2.20. The normalized spacial score (nSPS) is 12.1. The molecular formula is C14H18N2O. The zero-order valence-electron chi connectivity index (χ0n) is 10.4. The second-order valence-corrected chi connectivity index (χ2v) is 3.94. The number of likely N-dealkylation sites (N-methyl/N-ethyl adjacent to an activating group) is 1. The van der Waals surface area contributed by atoms with E-state index in [0.29, 0.717) is 13.0 Å². The van der Waals surface area contributed by atoms with Crippen LogP contribution >= 0.6 is 0 Å². The Balaban J connectivity index is 2.71. The number of hydrogen-bond donors (Lipinski definition) is 0. The Hall–Kier alpha value is -1.66. The second kappa shape index (κ2) is 6.82. The van der Waals surface area contributed by atoms with Crippen molar-refractivity contribution < 1.29 is 4.79 Å². The van der Waals surface area contributed by atoms with Crippen LogP contribution in [0.25, 0.3) is 0 Å². The molecule has 0 bridgehead atoms. The van der Waals surface area contributed by atoms with Crippen molar-refractivity contribution in [3.05, 3.63) is 35.9 Å². The summed E-state index contributed by atoms with van der Waals surface area (Å²) in [5, 5.41) is 8.59. The lowest BCUT2D eigenvalue weighted by Gasteiger charge is -2.25. The van der Waals surface area contributed by atoms with E-state index in [1.54, 1.807) is 0 Å². The number of carbonyl (C=O) groups is 1. The summed E-state index contributed by atoms with van der Waals surface area (Å²) >= 11 is 0. The molecule has 3 heteroatoms. The van der Waals surface area contributed by atoms with Gasteiger partial charge in [-0.2, -0.15) is 5.26 Å². The first kappa shape index (κ1) is 13.4. The molecule has 1 aromatic carbocycles. The van der Waals surface area contributed by atoms with Crippen molar-refractivity contribution in [3.8, 4) is 6.07 Å². The minimum Gasteiger partial charge on any atom is -0.293 e. The minimum absolute atomic E-state index is 0.116. The predicted octanol–water partition coefficient (Wildman–Crippen LogP) is 2.49. The lowest BCUT2D eigenvalue weighted by molar-refractivity contribution is 0.0847. The van der Waals surface area contributed by atoms with Gasteiger partial charge in [0, 0.05) is 18.5 Å². The minimum atomic E-state index is -0.171. The van der Waals surface area contributed by atoms with Crippen LogP contribution in [0.2, 0.25) is 0 Å². The van der Waals surface area contributed by atoms with Crippen LogP contribution in [0.5, 0.6) is 0 Å². The molecule has 0 N–H and O–H groups in total. The number of benzene rings is 1. The summed E-state index contributed by atoms with van der Waals surface area (Å²) in [6, 6.07) is 11.2. The number of ketones is 1. The molecule has 0 fully saturated rings. The highest BCUT2D eigenvalue weighted by atomic mass is 16.1. The molecule has 0 radical (unpaired) electrons. The van der Waals surface area contributed by atoms with E-state index >= 15 is 0 Å². The van der Waals surface area contributed by atoms with E-state index in [4.69, 9.17) is 5.26 Å². The van der Waals surface area contributed by atoms with Crippen LogP contribution in [0.15, 0.2) is 30.3 Å². The lowest BCUT2D eigenvalue weighted by atomic mass is 10.0. The van der Waals surface area contributed by atoms with Gasteiger partial charge < -0.3 is 0 Å². The molecule has 0 heterocycles. The molecule has 1 atom stereocenters. The molecule has 0 aliphatic heterocycles. The van der Waals surface area contributed by atoms with Gasteiger partial charge >= 0.3 is 0 Å². The van der Waals surface area contributed by atoms with Crippen molar-refractivity contribution >= 4 is 5.78 Å². The molecule has 90 valence electrons. The molecule has 0 amide bonds. The number of Topliss-reactive ketones (excluding diaryl/α,β-unsaturated/α-hetero) is 1. The van der Waals surface area contributed by atoms with Crippen molar-refractivity contribution in [3.63, 3.8) is 0 Å². The molecule has 0 aromatic heterocycles. The van der Waals surface area contributed by atoms with Crippen LogP contribution in [0.1, 0.15) is 30.6 Å². The van der Waals surface area contributed by atoms with E-state index in [-0.39, 0.29) is 11.8 Å². The van der Waals surface area contributed by atoms with Crippen molar-refractivity contribution in [1.82, 2.24) is 4.90 Å². The lowest BCUT2D eigenvalue weighted by Crippen LogP contribution is -2.39. The van der Waals surface area contributed by atoms with Gasteiger partial charge in [-0.25, -0.2) is 0 Å². The van der Waals surface area contributed by atoms with E-state index in [1.807, 2.05) is 49.1 Å². The number of rotatable bonds is 6. The van der Waals surface area contributed by atoms with Crippen LogP contribution in [-0.2, 0) is 0 Å². The Labute approximate surface area is 103 Å². The average molecular weight is 230 g/mol. The molecule has 1 aromatic rings. The number of nitrogens with zero attached hydrogens (tertiary/aromatic N) is 2. The van der Waals surface area contributed by atoms with Gasteiger partial charge in [-0.05, 0) is 13.5 Å². The summed E-state index contributed by atoms with van der Waals surface area (Å²) in [4.78, 5) is 14.2. The van der Waals surface area contributed by atoms with Gasteiger partial charge in [-0.3, -0.25) is 9.69 Å². The van der Waals surface area contributed by atoms with Crippen molar-refractivity contribution in [2.75, 3.05) is 13.1 Å². The molecule has 1 unspecified atom stereocenters. The Morgan fingerprint density at radius 2 is 2.06 bits per heavy atom. The maximum Gasteiger partial charge on any atom is 0.179 e. The first-order chi connectivity index (χ1) is 8.20. The Kier molecular flexibility index (Phi) is 5.38. The van der Waals surface area contributed by atoms with Crippen LogP contribution < -0.4 is 0 Å². The van der Waals surface area contributed by atoms with Gasteiger partial charge in [-0.1, -0.05) is 37.3 Å². The van der Waals surface area contributed by atoms with E-state index in [0.717, 1.165) is 12.1 Å². The van der Waals surface area contributed by atoms with E-state index in [2.05, 4.69) is 6.07 Å². The van der Waals surface area contributed by atoms with Crippen molar-refractivity contribution in [1.29, 1.82) is 5.26 Å². The molecule has 0 aliphatic carbocycles. The molecule has 3 nitrogen and oxygen atoms in total. The third kappa shape index (κ3) is 3.69. The summed E-state index contributed by atoms with van der Waals surface area (Å²) in [7, 11) is 0. The summed E-state index contributed by atoms with van der Waals surface area (Å²) in [6.45, 7) is 5.33. The zero-order chi connectivity index (χ0) is 12.7. The van der Waals surface area contributed by atoms with E-state index < -0.39 is 0 Å². The monoisotopic (exact) mass is 230 g/mol. The number of nitriles is 1. The van der Waals surface area contributed by atoms with Gasteiger partial charge in [0.1, 0.15) is 0 Å². The Bertz CT molecular complexity index is 394. The van der Waals surface area contributed by atoms with Gasteiger partial charge in [0.25, 0.3) is 0 Å². The number of hydrogen-bond acceptors (Lipinski definition) is 3. The van der Waals surface area contributed by atoms with Crippen LogP contribution in [0.3, 0.4) is 0 Å². The number of carbonyl (C=O) groups excluding carboxylic acids is 1. The SMILES string of the molecule is CCN(CCC#N)C(C)C(=O)c1ccccc1. The first-order valence-corrected chi connectivity index (χ1v) is 5.91. The van der Waals surface area contributed by atoms with Gasteiger partial charge in [0.05, 0.1) is 12.1 Å². The highest BCUT2D eigenvalue weighted by Crippen LogP contribution is 2.09. The maximum atomic E-state index is 12.2. The third-order valence-electron chi connectivity index (χ3n) is 2.90. The molecule has 1 rings (SSSR count). The van der Waals surface area contributed by atoms with Gasteiger partial charge in [-0.15, -0.1) is 0 Å². The molecule has 0 saturated heterocycles. The molecular weight excluding hydrogens is 212 g/mol. The Morgan fingerprint density at radius 1 is 1.41 bits per heavy atom. The summed E-state index contributed by atoms with van der Waals surface area (Å²) < 4.78 is 0. The molecule has 17 heavy (non-hydrogen) atoms. The van der Waals surface area contributed by atoms with Crippen LogP contribution in [0.4, 0.5) is 0 Å². The first-order valence-electron chi connectivity index (χ1n) is 5.91. The molecule has 0 aliphatic rings. The summed E-state index contributed by atoms with van der Waals surface area (Å²) in [6.07, 6.45) is 0.459. The zero-order valence-corrected chi connectivity index (χ0v) is 10.4. The van der Waals surface area contributed by atoms with E-state index in [9.17, 15) is 4.79 Å². The van der Waals surface area contributed by atoms with Crippen molar-refractivity contribution in [2.24, 2.45) is 0 Å². The predicted molar refractivity (Wildman–Crippen MR) is 67.7 cm³/mol. The third-order valence-corrected chi connectivity index (χ3v) is 2.90. The van der Waals surface area contributed by atoms with Gasteiger partial charge in [0.15, 0.2) is 5.78 Å².